The highest BCUT2D eigenvalue weighted by molar-refractivity contribution is 6.20. The van der Waals surface area contributed by atoms with E-state index in [-0.39, 0.29) is 29.2 Å². The highest BCUT2D eigenvalue weighted by Crippen LogP contribution is 2.29. The Hall–Kier alpha value is -5.39. The zero-order valence-corrected chi connectivity index (χ0v) is 25.7. The second kappa shape index (κ2) is 12.7. The van der Waals surface area contributed by atoms with E-state index in [0.717, 1.165) is 11.6 Å². The smallest absolute Gasteiger partial charge is 0.414 e. The fourth-order valence-electron chi connectivity index (χ4n) is 4.91. The number of para-hydroxylation sites is 1. The van der Waals surface area contributed by atoms with Gasteiger partial charge in [0.15, 0.2) is 5.82 Å². The van der Waals surface area contributed by atoms with Gasteiger partial charge in [0.05, 0.1) is 35.0 Å². The Balaban J connectivity index is 1.48. The number of hydrogen-bond donors (Lipinski definition) is 2. The van der Waals surface area contributed by atoms with Crippen molar-refractivity contribution in [3.8, 4) is 11.4 Å². The molecule has 45 heavy (non-hydrogen) atoms. The summed E-state index contributed by atoms with van der Waals surface area (Å²) in [6.07, 6.45) is 0.697. The van der Waals surface area contributed by atoms with Crippen molar-refractivity contribution in [3.05, 3.63) is 95.6 Å². The SMILES string of the molecule is CCN(C(=O)OC(C)(C)C)c1cnc(-c2c(C(=O)NC3N=C(c4ccccc4)c4ccccc4NC3=O)cnn2CC)c(F)c1. The van der Waals surface area contributed by atoms with Gasteiger partial charge in [0.25, 0.3) is 11.8 Å². The summed E-state index contributed by atoms with van der Waals surface area (Å²) in [5.74, 6) is -2.01. The molecular formula is C33H34FN7O4. The van der Waals surface area contributed by atoms with Crippen molar-refractivity contribution < 1.29 is 23.5 Å². The van der Waals surface area contributed by atoms with Gasteiger partial charge in [0.2, 0.25) is 6.17 Å². The van der Waals surface area contributed by atoms with Crippen molar-refractivity contribution in [3.63, 3.8) is 0 Å². The van der Waals surface area contributed by atoms with Gasteiger partial charge in [0, 0.05) is 30.3 Å². The fourth-order valence-corrected chi connectivity index (χ4v) is 4.91. The summed E-state index contributed by atoms with van der Waals surface area (Å²) < 4.78 is 22.6. The van der Waals surface area contributed by atoms with Crippen molar-refractivity contribution in [2.24, 2.45) is 4.99 Å². The van der Waals surface area contributed by atoms with Gasteiger partial charge in [-0.25, -0.2) is 19.2 Å². The number of aliphatic imine (C=N–C) groups is 1. The first kappa shape index (κ1) is 31.0. The van der Waals surface area contributed by atoms with Gasteiger partial charge in [-0.1, -0.05) is 48.5 Å². The van der Waals surface area contributed by atoms with E-state index in [1.165, 1.54) is 22.0 Å². The summed E-state index contributed by atoms with van der Waals surface area (Å²) in [7, 11) is 0. The van der Waals surface area contributed by atoms with Crippen molar-refractivity contribution in [1.82, 2.24) is 20.1 Å². The number of nitrogens with zero attached hydrogens (tertiary/aromatic N) is 5. The molecule has 2 aromatic heterocycles. The van der Waals surface area contributed by atoms with Crippen LogP contribution in [0.2, 0.25) is 0 Å². The average Bonchev–Trinajstić information content (AvgIpc) is 3.38. The van der Waals surface area contributed by atoms with E-state index in [1.54, 1.807) is 46.8 Å². The molecule has 1 aliphatic heterocycles. The number of aryl methyl sites for hydroxylation is 1. The molecular weight excluding hydrogens is 577 g/mol. The van der Waals surface area contributed by atoms with Crippen molar-refractivity contribution >= 4 is 35.0 Å². The third-order valence-corrected chi connectivity index (χ3v) is 6.94. The van der Waals surface area contributed by atoms with E-state index in [2.05, 4.69) is 25.7 Å². The van der Waals surface area contributed by atoms with Crippen LogP contribution in [-0.4, -0.2) is 56.7 Å². The number of benzene rings is 2. The topological polar surface area (TPSA) is 131 Å². The summed E-state index contributed by atoms with van der Waals surface area (Å²) in [5, 5.41) is 9.80. The van der Waals surface area contributed by atoms with Crippen LogP contribution >= 0.6 is 0 Å². The van der Waals surface area contributed by atoms with E-state index < -0.39 is 35.5 Å². The van der Waals surface area contributed by atoms with Gasteiger partial charge >= 0.3 is 6.09 Å². The lowest BCUT2D eigenvalue weighted by molar-refractivity contribution is -0.117. The molecule has 0 fully saturated rings. The molecule has 2 aromatic carbocycles. The molecule has 1 aliphatic rings. The Labute approximate surface area is 260 Å². The van der Waals surface area contributed by atoms with Gasteiger partial charge in [-0.2, -0.15) is 5.10 Å². The number of pyridine rings is 1. The molecule has 1 atom stereocenters. The molecule has 11 nitrogen and oxygen atoms in total. The Morgan fingerprint density at radius 2 is 1.78 bits per heavy atom. The zero-order valence-electron chi connectivity index (χ0n) is 25.7. The van der Waals surface area contributed by atoms with Crippen LogP contribution in [0, 0.1) is 5.82 Å². The highest BCUT2D eigenvalue weighted by atomic mass is 19.1. The molecule has 3 heterocycles. The Kier molecular flexibility index (Phi) is 8.75. The van der Waals surface area contributed by atoms with Gasteiger partial charge in [-0.3, -0.25) is 19.2 Å². The van der Waals surface area contributed by atoms with E-state index in [1.807, 2.05) is 42.5 Å². The first-order valence-electron chi connectivity index (χ1n) is 14.6. The predicted molar refractivity (Wildman–Crippen MR) is 169 cm³/mol. The molecule has 2 N–H and O–H groups in total. The Morgan fingerprint density at radius 3 is 2.44 bits per heavy atom. The quantitative estimate of drug-likeness (QED) is 0.287. The van der Waals surface area contributed by atoms with Gasteiger partial charge in [-0.15, -0.1) is 0 Å². The van der Waals surface area contributed by atoms with Crippen LogP contribution in [0.3, 0.4) is 0 Å². The monoisotopic (exact) mass is 611 g/mol. The van der Waals surface area contributed by atoms with Crippen LogP contribution in [0.4, 0.5) is 20.6 Å². The number of carbonyl (C=O) groups is 3. The lowest BCUT2D eigenvalue weighted by Gasteiger charge is -2.26. The third-order valence-electron chi connectivity index (χ3n) is 6.94. The molecule has 0 aliphatic carbocycles. The van der Waals surface area contributed by atoms with Gasteiger partial charge in [0.1, 0.15) is 17.0 Å². The number of aromatic nitrogens is 3. The van der Waals surface area contributed by atoms with E-state index in [0.29, 0.717) is 23.5 Å². The van der Waals surface area contributed by atoms with E-state index in [4.69, 9.17) is 4.74 Å². The van der Waals surface area contributed by atoms with Crippen LogP contribution in [0.1, 0.15) is 56.1 Å². The summed E-state index contributed by atoms with van der Waals surface area (Å²) in [6, 6.07) is 17.7. The standard InChI is InChI=1S/C33H34FN7O4/c1-6-40(32(44)45-33(3,4)5)21-17-24(34)27(35-18-21)28-23(19-36-41(28)7-2)30(42)39-29-31(43)37-25-16-12-11-15-22(25)26(38-29)20-13-9-8-10-14-20/h8-19,29H,6-7H2,1-5H3,(H,37,43)(H,39,42). The van der Waals surface area contributed by atoms with Crippen molar-refractivity contribution in [2.75, 3.05) is 16.8 Å². The number of ether oxygens (including phenoxy) is 1. The maximum Gasteiger partial charge on any atom is 0.414 e. The largest absolute Gasteiger partial charge is 0.443 e. The van der Waals surface area contributed by atoms with Crippen LogP contribution in [0.5, 0.6) is 0 Å². The minimum atomic E-state index is -1.30. The third kappa shape index (κ3) is 6.59. The number of amides is 3. The zero-order chi connectivity index (χ0) is 32.3. The number of nitrogens with one attached hydrogen (secondary N) is 2. The molecule has 1 unspecified atom stereocenters. The lowest BCUT2D eigenvalue weighted by Crippen LogP contribution is -2.42. The molecule has 0 saturated heterocycles. The molecule has 0 spiro atoms. The van der Waals surface area contributed by atoms with Crippen LogP contribution in [0.25, 0.3) is 11.4 Å². The van der Waals surface area contributed by atoms with Gasteiger partial charge in [-0.05, 0) is 40.7 Å². The summed E-state index contributed by atoms with van der Waals surface area (Å²) >= 11 is 0. The molecule has 5 rings (SSSR count). The molecule has 0 saturated carbocycles. The van der Waals surface area contributed by atoms with Crippen LogP contribution < -0.4 is 15.5 Å². The van der Waals surface area contributed by atoms with E-state index in [9.17, 15) is 14.4 Å². The number of halogens is 1. The maximum absolute atomic E-state index is 15.7. The number of benzodiazepines with no additional fused rings is 1. The van der Waals surface area contributed by atoms with Crippen LogP contribution in [-0.2, 0) is 16.1 Å². The second-order valence-electron chi connectivity index (χ2n) is 11.2. The number of anilines is 2. The number of hydrogen-bond acceptors (Lipinski definition) is 7. The lowest BCUT2D eigenvalue weighted by atomic mass is 10.0. The average molecular weight is 612 g/mol. The van der Waals surface area contributed by atoms with Crippen LogP contribution in [0.15, 0.2) is 78.0 Å². The minimum absolute atomic E-state index is 0.00140. The Morgan fingerprint density at radius 1 is 1.07 bits per heavy atom. The number of rotatable bonds is 7. The molecule has 12 heteroatoms. The predicted octanol–water partition coefficient (Wildman–Crippen LogP) is 5.41. The molecule has 0 radical (unpaired) electrons. The number of fused-ring (bicyclic) bond motifs is 1. The molecule has 3 amide bonds. The normalized spacial score (nSPS) is 14.5. The summed E-state index contributed by atoms with van der Waals surface area (Å²) in [6.45, 7) is 9.27. The molecule has 0 bridgehead atoms. The van der Waals surface area contributed by atoms with Crippen molar-refractivity contribution in [2.45, 2.75) is 52.9 Å². The summed E-state index contributed by atoms with van der Waals surface area (Å²) in [5.41, 5.74) is 1.97. The van der Waals surface area contributed by atoms with Gasteiger partial charge < -0.3 is 15.4 Å². The minimum Gasteiger partial charge on any atom is -0.443 e. The highest BCUT2D eigenvalue weighted by Gasteiger charge is 2.30. The maximum atomic E-state index is 15.7. The first-order valence-corrected chi connectivity index (χ1v) is 14.6. The fraction of sp³-hybridized carbons (Fsp3) is 0.273. The Bertz CT molecular complexity index is 1780. The van der Waals surface area contributed by atoms with E-state index >= 15 is 4.39 Å². The molecule has 232 valence electrons. The second-order valence-corrected chi connectivity index (χ2v) is 11.2. The first-order chi connectivity index (χ1) is 21.5. The van der Waals surface area contributed by atoms with Crippen molar-refractivity contribution in [1.29, 1.82) is 0 Å². The molecule has 4 aromatic rings. The summed E-state index contributed by atoms with van der Waals surface area (Å²) in [4.78, 5) is 50.0. The number of carbonyl (C=O) groups excluding carboxylic acids is 3.